The number of primary sulfonamides is 1. The highest BCUT2D eigenvalue weighted by Crippen LogP contribution is 2.37. The fourth-order valence-electron chi connectivity index (χ4n) is 4.89. The van der Waals surface area contributed by atoms with Crippen molar-refractivity contribution < 1.29 is 12.8 Å². The zero-order chi connectivity index (χ0) is 37.0. The number of anilines is 4. The van der Waals surface area contributed by atoms with Crippen LogP contribution < -0.4 is 15.8 Å². The van der Waals surface area contributed by atoms with E-state index >= 15 is 0 Å². The van der Waals surface area contributed by atoms with Gasteiger partial charge in [0.1, 0.15) is 15.8 Å². The number of sulfonamides is 1. The maximum Gasteiger partial charge on any atom is 0.238 e. The third-order valence-corrected chi connectivity index (χ3v) is 12.7. The molecule has 6 heterocycles. The topological polar surface area (TPSA) is 162 Å². The Labute approximate surface area is 320 Å². The van der Waals surface area contributed by atoms with Gasteiger partial charge in [0.25, 0.3) is 0 Å². The number of thiazole rings is 2. The number of benzene rings is 2. The van der Waals surface area contributed by atoms with E-state index in [-0.39, 0.29) is 10.7 Å². The summed E-state index contributed by atoms with van der Waals surface area (Å²) in [5.74, 6) is 0.600. The molecule has 0 bridgehead atoms. The summed E-state index contributed by atoms with van der Waals surface area (Å²) in [6, 6.07) is 24.0. The van der Waals surface area contributed by atoms with Crippen molar-refractivity contribution in [3.8, 4) is 40.9 Å². The minimum atomic E-state index is -3.72. The molecule has 8 aromatic rings. The molecule has 0 saturated carbocycles. The van der Waals surface area contributed by atoms with E-state index in [0.717, 1.165) is 58.0 Å². The average Bonchev–Trinajstić information content (AvgIpc) is 3.98. The van der Waals surface area contributed by atoms with Gasteiger partial charge in [0.2, 0.25) is 21.9 Å². The summed E-state index contributed by atoms with van der Waals surface area (Å²) in [4.78, 5) is 31.3. The van der Waals surface area contributed by atoms with Gasteiger partial charge in [-0.05, 0) is 97.4 Å². The molecule has 8 rings (SSSR count). The van der Waals surface area contributed by atoms with Crippen LogP contribution in [0.25, 0.3) is 40.9 Å². The molecule has 4 N–H and O–H groups in total. The lowest BCUT2D eigenvalue weighted by Crippen LogP contribution is -2.11. The Balaban J connectivity index is 0.000000165. The van der Waals surface area contributed by atoms with E-state index < -0.39 is 10.0 Å². The Kier molecular flexibility index (Phi) is 10.7. The van der Waals surface area contributed by atoms with Gasteiger partial charge in [0, 0.05) is 23.8 Å². The number of hydrogen-bond acceptors (Lipinski definition) is 14. The molecule has 0 radical (unpaired) electrons. The molecular formula is C36H28FN9O2S5. The molecule has 0 atom stereocenters. The van der Waals surface area contributed by atoms with E-state index in [1.54, 1.807) is 82.0 Å². The Morgan fingerprint density at radius 1 is 0.623 bits per heavy atom. The van der Waals surface area contributed by atoms with Crippen LogP contribution in [0.2, 0.25) is 0 Å². The van der Waals surface area contributed by atoms with Crippen LogP contribution in [0, 0.1) is 19.7 Å². The number of nitrogens with zero attached hydrogens (tertiary/aromatic N) is 6. The molecule has 6 aromatic heterocycles. The molecule has 0 spiro atoms. The molecule has 53 heavy (non-hydrogen) atoms. The number of aryl methyl sites for hydroxylation is 2. The SMILES string of the molecule is Cc1nc(-c2cccs2)sc1-c1ccnc(Nc2ccc(F)cc2)n1.Cc1nc(-c2cccs2)sc1-c1ccnc(Nc2ccc(S(N)(=O)=O)cc2)n1. The summed E-state index contributed by atoms with van der Waals surface area (Å²) in [6.45, 7) is 3.95. The number of rotatable bonds is 9. The van der Waals surface area contributed by atoms with E-state index in [1.807, 2.05) is 54.9 Å². The Hall–Kier alpha value is -5.30. The number of nitrogens with two attached hydrogens (primary N) is 1. The van der Waals surface area contributed by atoms with E-state index in [4.69, 9.17) is 5.14 Å². The lowest BCUT2D eigenvalue weighted by Gasteiger charge is -2.07. The quantitative estimate of drug-likeness (QED) is 0.128. The minimum absolute atomic E-state index is 0.0501. The second kappa shape index (κ2) is 15.7. The summed E-state index contributed by atoms with van der Waals surface area (Å²) in [5, 5.41) is 17.3. The molecule has 0 amide bonds. The smallest absolute Gasteiger partial charge is 0.238 e. The summed E-state index contributed by atoms with van der Waals surface area (Å²) >= 11 is 6.53. The molecule has 17 heteroatoms. The first-order chi connectivity index (χ1) is 25.6. The zero-order valence-corrected chi connectivity index (χ0v) is 32.0. The van der Waals surface area contributed by atoms with E-state index in [0.29, 0.717) is 17.6 Å². The van der Waals surface area contributed by atoms with E-state index in [1.165, 1.54) is 24.3 Å². The second-order valence-electron chi connectivity index (χ2n) is 11.2. The minimum Gasteiger partial charge on any atom is -0.324 e. The van der Waals surface area contributed by atoms with Crippen LogP contribution in [0.5, 0.6) is 0 Å². The van der Waals surface area contributed by atoms with Crippen molar-refractivity contribution in [2.24, 2.45) is 5.14 Å². The van der Waals surface area contributed by atoms with Crippen molar-refractivity contribution in [2.75, 3.05) is 10.6 Å². The molecule has 0 fully saturated rings. The third-order valence-electron chi connectivity index (χ3n) is 7.37. The van der Waals surface area contributed by atoms with Crippen LogP contribution in [0.15, 0.2) is 113 Å². The highest BCUT2D eigenvalue weighted by atomic mass is 32.2. The van der Waals surface area contributed by atoms with Crippen LogP contribution in [0.1, 0.15) is 11.4 Å². The number of halogens is 1. The third kappa shape index (κ3) is 8.85. The van der Waals surface area contributed by atoms with Crippen LogP contribution in [0.3, 0.4) is 0 Å². The monoisotopic (exact) mass is 797 g/mol. The summed E-state index contributed by atoms with van der Waals surface area (Å²) < 4.78 is 35.7. The van der Waals surface area contributed by atoms with Crippen molar-refractivity contribution in [3.63, 3.8) is 0 Å². The Bertz CT molecular complexity index is 2570. The number of thiophene rings is 2. The largest absolute Gasteiger partial charge is 0.324 e. The van der Waals surface area contributed by atoms with Gasteiger partial charge in [-0.25, -0.2) is 47.9 Å². The van der Waals surface area contributed by atoms with Crippen LogP contribution in [0.4, 0.5) is 27.7 Å². The van der Waals surface area contributed by atoms with Crippen molar-refractivity contribution in [3.05, 3.63) is 125 Å². The Morgan fingerprint density at radius 2 is 1.08 bits per heavy atom. The molecule has 0 unspecified atom stereocenters. The van der Waals surface area contributed by atoms with Crippen LogP contribution >= 0.6 is 45.3 Å². The van der Waals surface area contributed by atoms with Gasteiger partial charge in [0.05, 0.1) is 47.2 Å². The lowest BCUT2D eigenvalue weighted by atomic mass is 10.3. The maximum absolute atomic E-state index is 13.0. The first-order valence-corrected chi connectivity index (χ1v) is 20.6. The maximum atomic E-state index is 13.0. The van der Waals surface area contributed by atoms with Crippen molar-refractivity contribution in [2.45, 2.75) is 18.7 Å². The summed E-state index contributed by atoms with van der Waals surface area (Å²) in [5.41, 5.74) is 4.84. The predicted octanol–water partition coefficient (Wildman–Crippen LogP) is 9.55. The van der Waals surface area contributed by atoms with Crippen molar-refractivity contribution in [1.29, 1.82) is 0 Å². The highest BCUT2D eigenvalue weighted by Gasteiger charge is 2.16. The van der Waals surface area contributed by atoms with Gasteiger partial charge in [-0.15, -0.1) is 45.3 Å². The number of hydrogen-bond donors (Lipinski definition) is 3. The van der Waals surface area contributed by atoms with Gasteiger partial charge in [-0.2, -0.15) is 0 Å². The average molecular weight is 798 g/mol. The summed E-state index contributed by atoms with van der Waals surface area (Å²) in [6.07, 6.45) is 3.38. The molecule has 2 aromatic carbocycles. The molecule has 0 aliphatic heterocycles. The standard InChI is InChI=1S/C18H13FN4S2.C18H15N5O2S3/c1-11-16(25-17(21-11)15-3-2-10-24-15)14-8-9-20-18(23-14)22-13-6-4-12(19)5-7-13;1-11-16(27-17(21-11)15-3-2-10-26-15)14-8-9-20-18(23-14)22-12-4-6-13(7-5-12)28(19,24)25/h2-10H,1H3,(H,20,22,23);2-10H,1H3,(H2,19,24,25)(H,20,22,23). The Morgan fingerprint density at radius 3 is 1.49 bits per heavy atom. The zero-order valence-electron chi connectivity index (χ0n) is 27.9. The van der Waals surface area contributed by atoms with E-state index in [9.17, 15) is 12.8 Å². The number of aromatic nitrogens is 6. The fourth-order valence-corrected chi connectivity index (χ4v) is 9.07. The molecule has 0 aliphatic rings. The number of nitrogens with one attached hydrogen (secondary N) is 2. The van der Waals surface area contributed by atoms with Gasteiger partial charge < -0.3 is 10.6 Å². The fraction of sp³-hybridized carbons (Fsp3) is 0.0556. The normalized spacial score (nSPS) is 11.2. The van der Waals surface area contributed by atoms with Crippen LogP contribution in [-0.2, 0) is 10.0 Å². The van der Waals surface area contributed by atoms with Gasteiger partial charge in [0.15, 0.2) is 0 Å². The molecular weight excluding hydrogens is 770 g/mol. The molecule has 0 aliphatic carbocycles. The first-order valence-electron chi connectivity index (χ1n) is 15.7. The molecule has 11 nitrogen and oxygen atoms in total. The van der Waals surface area contributed by atoms with Crippen LogP contribution in [-0.4, -0.2) is 38.3 Å². The van der Waals surface area contributed by atoms with Gasteiger partial charge >= 0.3 is 0 Å². The highest BCUT2D eigenvalue weighted by molar-refractivity contribution is 7.89. The molecule has 266 valence electrons. The molecule has 0 saturated heterocycles. The first kappa shape index (κ1) is 36.1. The van der Waals surface area contributed by atoms with Gasteiger partial charge in [-0.1, -0.05) is 12.1 Å². The van der Waals surface area contributed by atoms with Crippen molar-refractivity contribution >= 4 is 78.6 Å². The summed E-state index contributed by atoms with van der Waals surface area (Å²) in [7, 11) is -3.72. The second-order valence-corrected chi connectivity index (χ2v) is 16.6. The van der Waals surface area contributed by atoms with Crippen molar-refractivity contribution in [1.82, 2.24) is 29.9 Å². The lowest BCUT2D eigenvalue weighted by molar-refractivity contribution is 0.598. The predicted molar refractivity (Wildman–Crippen MR) is 213 cm³/mol. The van der Waals surface area contributed by atoms with E-state index in [2.05, 4.69) is 46.6 Å². The van der Waals surface area contributed by atoms with Gasteiger partial charge in [-0.3, -0.25) is 0 Å².